The first-order valence-electron chi connectivity index (χ1n) is 6.60. The molecule has 104 valence electrons. The number of benzene rings is 1. The van der Waals surface area contributed by atoms with Crippen LogP contribution in [-0.4, -0.2) is 13.1 Å². The lowest BCUT2D eigenvalue weighted by Crippen LogP contribution is -2.27. The molecule has 0 atom stereocenters. The highest BCUT2D eigenvalue weighted by Gasteiger charge is 2.19. The Balaban J connectivity index is 2.31. The average molecular weight is 280 g/mol. The van der Waals surface area contributed by atoms with E-state index in [-0.39, 0.29) is 0 Å². The van der Waals surface area contributed by atoms with Crippen LogP contribution in [-0.2, 0) is 0 Å². The van der Waals surface area contributed by atoms with Gasteiger partial charge in [0.2, 0.25) is 0 Å². The molecule has 0 bridgehead atoms. The van der Waals surface area contributed by atoms with Crippen molar-refractivity contribution in [2.45, 2.75) is 38.0 Å². The van der Waals surface area contributed by atoms with E-state index in [0.717, 1.165) is 4.31 Å². The minimum absolute atomic E-state index is 0.563. The highest BCUT2D eigenvalue weighted by Crippen LogP contribution is 2.37. The second kappa shape index (κ2) is 6.19. The van der Waals surface area contributed by atoms with Crippen LogP contribution in [0.4, 0.5) is 10.5 Å². The summed E-state index contributed by atoms with van der Waals surface area (Å²) in [6, 6.07) is 5.31. The molecule has 0 aliphatic heterocycles. The second-order valence-corrected chi connectivity index (χ2v) is 5.32. The Labute approximate surface area is 119 Å². The molecule has 1 saturated carbocycles. The largest absolute Gasteiger partial charge is 0.495 e. The maximum Gasteiger partial charge on any atom is 0.329 e. The van der Waals surface area contributed by atoms with Crippen molar-refractivity contribution in [3.8, 4) is 5.75 Å². The van der Waals surface area contributed by atoms with Gasteiger partial charge in [-0.05, 0) is 36.5 Å². The fraction of sp³-hybridized carbons (Fsp3) is 0.500. The standard InChI is InChI=1S/C14H20N2O2S/c1-18-13-8-7-11(10-5-3-2-4-6-10)9-12(13)16(19)14(15)17/h7-10,19H,2-6H2,1H3,(H2,15,17). The highest BCUT2D eigenvalue weighted by atomic mass is 32.1. The summed E-state index contributed by atoms with van der Waals surface area (Å²) < 4.78 is 6.39. The first kappa shape index (κ1) is 14.1. The van der Waals surface area contributed by atoms with Gasteiger partial charge in [0.05, 0.1) is 12.8 Å². The number of amides is 2. The quantitative estimate of drug-likeness (QED) is 0.833. The van der Waals surface area contributed by atoms with Gasteiger partial charge >= 0.3 is 6.03 Å². The molecule has 5 heteroatoms. The van der Waals surface area contributed by atoms with Crippen LogP contribution in [0.15, 0.2) is 18.2 Å². The predicted octanol–water partition coefficient (Wildman–Crippen LogP) is 3.47. The van der Waals surface area contributed by atoms with Crippen LogP contribution in [0.25, 0.3) is 0 Å². The molecule has 0 aromatic heterocycles. The minimum Gasteiger partial charge on any atom is -0.495 e. The molecule has 2 rings (SSSR count). The van der Waals surface area contributed by atoms with Gasteiger partial charge in [0, 0.05) is 0 Å². The van der Waals surface area contributed by atoms with E-state index in [1.54, 1.807) is 7.11 Å². The number of carbonyl (C=O) groups excluding carboxylic acids is 1. The number of nitrogens with zero attached hydrogens (tertiary/aromatic N) is 1. The van der Waals surface area contributed by atoms with Crippen LogP contribution in [0, 0.1) is 0 Å². The van der Waals surface area contributed by atoms with Crippen LogP contribution >= 0.6 is 12.8 Å². The Hall–Kier alpha value is -1.36. The number of hydrogen-bond acceptors (Lipinski definition) is 3. The molecule has 0 unspecified atom stereocenters. The van der Waals surface area contributed by atoms with Crippen LogP contribution in [0.2, 0.25) is 0 Å². The van der Waals surface area contributed by atoms with E-state index in [9.17, 15) is 4.79 Å². The third-order valence-electron chi connectivity index (χ3n) is 3.72. The van der Waals surface area contributed by atoms with Gasteiger partial charge in [0.1, 0.15) is 5.75 Å². The zero-order chi connectivity index (χ0) is 13.8. The molecule has 1 aromatic rings. The fourth-order valence-corrected chi connectivity index (χ4v) is 2.84. The lowest BCUT2D eigenvalue weighted by atomic mass is 9.84. The predicted molar refractivity (Wildman–Crippen MR) is 79.9 cm³/mol. The molecule has 4 nitrogen and oxygen atoms in total. The second-order valence-electron chi connectivity index (χ2n) is 4.92. The van der Waals surface area contributed by atoms with Crippen LogP contribution in [0.3, 0.4) is 0 Å². The van der Waals surface area contributed by atoms with Gasteiger partial charge in [-0.1, -0.05) is 38.1 Å². The average Bonchev–Trinajstić information content (AvgIpc) is 2.46. The monoisotopic (exact) mass is 280 g/mol. The zero-order valence-corrected chi connectivity index (χ0v) is 12.0. The van der Waals surface area contributed by atoms with Gasteiger partial charge in [-0.15, -0.1) is 0 Å². The Morgan fingerprint density at radius 1 is 1.37 bits per heavy atom. The molecule has 0 saturated heterocycles. The van der Waals surface area contributed by atoms with Gasteiger partial charge in [0.25, 0.3) is 0 Å². The Bertz CT molecular complexity index is 459. The number of thiol groups is 1. The first-order valence-corrected chi connectivity index (χ1v) is 7.00. The van der Waals surface area contributed by atoms with Crippen molar-refractivity contribution in [3.05, 3.63) is 23.8 Å². The highest BCUT2D eigenvalue weighted by molar-refractivity contribution is 7.82. The summed E-state index contributed by atoms with van der Waals surface area (Å²) in [5, 5.41) is 0. The summed E-state index contributed by atoms with van der Waals surface area (Å²) in [6.45, 7) is 0. The summed E-state index contributed by atoms with van der Waals surface area (Å²) >= 11 is 4.13. The van der Waals surface area contributed by atoms with E-state index in [1.165, 1.54) is 37.7 Å². The summed E-state index contributed by atoms with van der Waals surface area (Å²) in [4.78, 5) is 11.3. The van der Waals surface area contributed by atoms with E-state index in [1.807, 2.05) is 12.1 Å². The van der Waals surface area contributed by atoms with Crippen molar-refractivity contribution < 1.29 is 9.53 Å². The smallest absolute Gasteiger partial charge is 0.329 e. The number of methoxy groups -OCH3 is 1. The van der Waals surface area contributed by atoms with Gasteiger partial charge in [-0.3, -0.25) is 0 Å². The molecule has 1 aromatic carbocycles. The molecule has 1 fully saturated rings. The van der Waals surface area contributed by atoms with Crippen LogP contribution in [0.5, 0.6) is 5.75 Å². The molecule has 1 aliphatic carbocycles. The van der Waals surface area contributed by atoms with E-state index < -0.39 is 6.03 Å². The van der Waals surface area contributed by atoms with Gasteiger partial charge in [-0.2, -0.15) is 0 Å². The number of primary amides is 1. The Morgan fingerprint density at radius 2 is 2.05 bits per heavy atom. The minimum atomic E-state index is -0.609. The SMILES string of the molecule is COc1ccc(C2CCCCC2)cc1N(S)C(N)=O. The van der Waals surface area contributed by atoms with E-state index in [0.29, 0.717) is 17.4 Å². The van der Waals surface area contributed by atoms with Crippen molar-refractivity contribution in [1.82, 2.24) is 0 Å². The topological polar surface area (TPSA) is 55.6 Å². The number of urea groups is 1. The molecular formula is C14H20N2O2S. The molecular weight excluding hydrogens is 260 g/mol. The molecule has 2 N–H and O–H groups in total. The Kier molecular flexibility index (Phi) is 4.58. The third-order valence-corrected chi connectivity index (χ3v) is 4.13. The van der Waals surface area contributed by atoms with Crippen LogP contribution < -0.4 is 14.8 Å². The first-order chi connectivity index (χ1) is 9.13. The number of hydrogen-bond donors (Lipinski definition) is 2. The van der Waals surface area contributed by atoms with E-state index in [4.69, 9.17) is 10.5 Å². The van der Waals surface area contributed by atoms with Crippen molar-refractivity contribution in [2.24, 2.45) is 5.73 Å². The summed E-state index contributed by atoms with van der Waals surface area (Å²) in [5.74, 6) is 1.17. The van der Waals surface area contributed by atoms with Gasteiger partial charge < -0.3 is 10.5 Å². The van der Waals surface area contributed by atoms with E-state index in [2.05, 4.69) is 18.9 Å². The number of ether oxygens (including phenoxy) is 1. The zero-order valence-electron chi connectivity index (χ0n) is 11.1. The number of anilines is 1. The molecule has 2 amide bonds. The van der Waals surface area contributed by atoms with Crippen LogP contribution in [0.1, 0.15) is 43.6 Å². The molecule has 1 aliphatic rings. The number of rotatable bonds is 3. The van der Waals surface area contributed by atoms with Crippen molar-refractivity contribution in [3.63, 3.8) is 0 Å². The van der Waals surface area contributed by atoms with Crippen molar-refractivity contribution >= 4 is 24.5 Å². The summed E-state index contributed by atoms with van der Waals surface area (Å²) in [7, 11) is 1.57. The number of nitrogens with two attached hydrogens (primary N) is 1. The summed E-state index contributed by atoms with van der Waals surface area (Å²) in [6.07, 6.45) is 6.27. The lowest BCUT2D eigenvalue weighted by molar-refractivity contribution is 0.257. The summed E-state index contributed by atoms with van der Waals surface area (Å²) in [5.41, 5.74) is 7.12. The van der Waals surface area contributed by atoms with Gasteiger partial charge in [0.15, 0.2) is 0 Å². The van der Waals surface area contributed by atoms with Gasteiger partial charge in [-0.25, -0.2) is 9.10 Å². The lowest BCUT2D eigenvalue weighted by Gasteiger charge is -2.24. The fourth-order valence-electron chi connectivity index (χ4n) is 2.68. The third kappa shape index (κ3) is 3.15. The van der Waals surface area contributed by atoms with E-state index >= 15 is 0 Å². The maximum atomic E-state index is 11.3. The number of carbonyl (C=O) groups is 1. The molecule has 19 heavy (non-hydrogen) atoms. The molecule has 0 heterocycles. The van der Waals surface area contributed by atoms with Crippen molar-refractivity contribution in [1.29, 1.82) is 0 Å². The Morgan fingerprint density at radius 3 is 2.63 bits per heavy atom. The normalized spacial score (nSPS) is 16.1. The molecule has 0 radical (unpaired) electrons. The maximum absolute atomic E-state index is 11.3. The van der Waals surface area contributed by atoms with Crippen molar-refractivity contribution in [2.75, 3.05) is 11.4 Å². The molecule has 0 spiro atoms.